The molecule has 0 atom stereocenters. The Labute approximate surface area is 83.8 Å². The maximum Gasteiger partial charge on any atom is 0 e. The predicted molar refractivity (Wildman–Crippen MR) is 0 cm³/mol. The van der Waals surface area contributed by atoms with Crippen LogP contribution in [-0.2, 0) is 22.4 Å². The van der Waals surface area contributed by atoms with Crippen LogP contribution in [0.4, 0.5) is 0 Å². The molecule has 0 aromatic carbocycles. The zero-order valence-electron chi connectivity index (χ0n) is 2.34. The molecule has 45 valence electrons. The van der Waals surface area contributed by atoms with Crippen molar-refractivity contribution in [1.29, 1.82) is 0 Å². The van der Waals surface area contributed by atoms with Crippen LogP contribution < -0.4 is 62.0 Å². The molecule has 0 aliphatic carbocycles. The van der Waals surface area contributed by atoms with E-state index in [4.69, 9.17) is 0 Å². The SMILES string of the molecule is [Cl-].[Cl-].[Cl-].[Cl-].[Cl-].[Nb]. The summed E-state index contributed by atoms with van der Waals surface area (Å²) in [6.07, 6.45) is 0. The van der Waals surface area contributed by atoms with Crippen molar-refractivity contribution >= 4 is 0 Å². The van der Waals surface area contributed by atoms with Crippen molar-refractivity contribution in [2.24, 2.45) is 0 Å². The second-order valence-electron chi connectivity index (χ2n) is 0. The first-order chi connectivity index (χ1) is 0. The standard InChI is InChI=1S/5ClH.Nb/h5*1H;/p-5. The van der Waals surface area contributed by atoms with Crippen molar-refractivity contribution < 1.29 is 84.4 Å². The summed E-state index contributed by atoms with van der Waals surface area (Å²) in [7, 11) is 0. The van der Waals surface area contributed by atoms with E-state index >= 15 is 0 Å². The van der Waals surface area contributed by atoms with E-state index in [2.05, 4.69) is 0 Å². The van der Waals surface area contributed by atoms with Crippen LogP contribution in [-0.4, -0.2) is 0 Å². The molecule has 0 aliphatic rings. The Morgan fingerprint density at radius 1 is 0.333 bits per heavy atom. The molecule has 0 aliphatic heterocycles. The van der Waals surface area contributed by atoms with Crippen LogP contribution >= 0.6 is 0 Å². The quantitative estimate of drug-likeness (QED) is 0.384. The minimum Gasteiger partial charge on any atom is -1.00 e. The van der Waals surface area contributed by atoms with Crippen molar-refractivity contribution in [2.75, 3.05) is 0 Å². The predicted octanol–water partition coefficient (Wildman–Crippen LogP) is -15.0. The molecule has 0 saturated carbocycles. The van der Waals surface area contributed by atoms with E-state index < -0.39 is 0 Å². The van der Waals surface area contributed by atoms with Crippen molar-refractivity contribution in [1.82, 2.24) is 0 Å². The molecule has 0 bridgehead atoms. The molecular weight excluding hydrogens is 270 g/mol. The molecule has 1 radical (unpaired) electrons. The largest absolute Gasteiger partial charge is 1.00 e. The third-order valence-corrected chi connectivity index (χ3v) is 0. The van der Waals surface area contributed by atoms with Gasteiger partial charge in [-0.1, -0.05) is 0 Å². The molecule has 0 saturated heterocycles. The number of hydrogen-bond acceptors (Lipinski definition) is 0. The Kier molecular flexibility index (Phi) is 845. The van der Waals surface area contributed by atoms with Gasteiger partial charge in [0.2, 0.25) is 0 Å². The van der Waals surface area contributed by atoms with E-state index in [1.54, 1.807) is 0 Å². The molecule has 0 aromatic rings. The first kappa shape index (κ1) is 88.3. The van der Waals surface area contributed by atoms with Crippen LogP contribution in [0.25, 0.3) is 0 Å². The summed E-state index contributed by atoms with van der Waals surface area (Å²) in [6.45, 7) is 0. The minimum atomic E-state index is 0. The maximum absolute atomic E-state index is 0. The van der Waals surface area contributed by atoms with Gasteiger partial charge >= 0.3 is 0 Å². The Bertz CT molecular complexity index is 3.90. The third-order valence-electron chi connectivity index (χ3n) is 0. The number of rotatable bonds is 0. The number of halogens is 5. The topological polar surface area (TPSA) is 0 Å². The van der Waals surface area contributed by atoms with Gasteiger partial charge in [0.05, 0.1) is 0 Å². The third kappa shape index (κ3) is 34.8. The summed E-state index contributed by atoms with van der Waals surface area (Å²) in [4.78, 5) is 0. The zero-order chi connectivity index (χ0) is 0. The molecule has 0 amide bonds. The molecule has 0 unspecified atom stereocenters. The Morgan fingerprint density at radius 3 is 0.333 bits per heavy atom. The minimum absolute atomic E-state index is 0. The molecule has 0 heterocycles. The summed E-state index contributed by atoms with van der Waals surface area (Å²) in [5.74, 6) is 0. The van der Waals surface area contributed by atoms with Crippen molar-refractivity contribution in [2.45, 2.75) is 0 Å². The van der Waals surface area contributed by atoms with Gasteiger partial charge in [-0.15, -0.1) is 0 Å². The summed E-state index contributed by atoms with van der Waals surface area (Å²) in [6, 6.07) is 0. The fraction of sp³-hybridized carbons (Fsp3) is 0. The van der Waals surface area contributed by atoms with E-state index in [1.807, 2.05) is 0 Å². The summed E-state index contributed by atoms with van der Waals surface area (Å²) in [5, 5.41) is 0. The van der Waals surface area contributed by atoms with Crippen LogP contribution in [0.1, 0.15) is 0 Å². The Hall–Kier alpha value is 2.19. The Balaban J connectivity index is 0. The average Bonchev–Trinajstić information content (AvgIpc) is 0. The second-order valence-corrected chi connectivity index (χ2v) is 0. The van der Waals surface area contributed by atoms with Gasteiger partial charge in [-0.05, 0) is 0 Å². The van der Waals surface area contributed by atoms with Crippen molar-refractivity contribution in [3.05, 3.63) is 0 Å². The van der Waals surface area contributed by atoms with E-state index in [-0.39, 0.29) is 84.4 Å². The zero-order valence-corrected chi connectivity index (χ0v) is 8.32. The van der Waals surface area contributed by atoms with Crippen LogP contribution in [0.2, 0.25) is 0 Å². The Morgan fingerprint density at radius 2 is 0.333 bits per heavy atom. The van der Waals surface area contributed by atoms with E-state index in [0.29, 0.717) is 0 Å². The fourth-order valence-corrected chi connectivity index (χ4v) is 0. The summed E-state index contributed by atoms with van der Waals surface area (Å²) in [5.41, 5.74) is 0. The number of hydrogen-bond donors (Lipinski definition) is 0. The smallest absolute Gasteiger partial charge is 0 e. The molecule has 0 fully saturated rings. The van der Waals surface area contributed by atoms with Crippen LogP contribution in [0.15, 0.2) is 0 Å². The molecule has 0 aromatic heterocycles. The van der Waals surface area contributed by atoms with E-state index in [1.165, 1.54) is 0 Å². The molecule has 0 nitrogen and oxygen atoms in total. The monoisotopic (exact) mass is 268 g/mol. The van der Waals surface area contributed by atoms with Gasteiger partial charge in [-0.25, -0.2) is 0 Å². The van der Waals surface area contributed by atoms with Gasteiger partial charge in [0.25, 0.3) is 0 Å². The van der Waals surface area contributed by atoms with E-state index in [9.17, 15) is 0 Å². The van der Waals surface area contributed by atoms with Gasteiger partial charge in [-0.2, -0.15) is 0 Å². The van der Waals surface area contributed by atoms with Crippen molar-refractivity contribution in [3.8, 4) is 0 Å². The molecule has 6 heavy (non-hydrogen) atoms. The second kappa shape index (κ2) is 57.4. The van der Waals surface area contributed by atoms with Gasteiger partial charge in [-0.3, -0.25) is 0 Å². The average molecular weight is 270 g/mol. The summed E-state index contributed by atoms with van der Waals surface area (Å²) < 4.78 is 0. The fourth-order valence-electron chi connectivity index (χ4n) is 0. The molecule has 0 rings (SSSR count). The van der Waals surface area contributed by atoms with Gasteiger partial charge in [0.15, 0.2) is 0 Å². The van der Waals surface area contributed by atoms with Crippen LogP contribution in [0.3, 0.4) is 0 Å². The molecule has 0 N–H and O–H groups in total. The summed E-state index contributed by atoms with van der Waals surface area (Å²) >= 11 is 0. The van der Waals surface area contributed by atoms with E-state index in [0.717, 1.165) is 0 Å². The molecular formula is Cl5Nb-5. The van der Waals surface area contributed by atoms with Gasteiger partial charge < -0.3 is 62.0 Å². The first-order valence-corrected chi connectivity index (χ1v) is 0. The first-order valence-electron chi connectivity index (χ1n) is 0. The molecule has 6 heteroatoms. The molecule has 0 spiro atoms. The van der Waals surface area contributed by atoms with Gasteiger partial charge in [0, 0.05) is 22.4 Å². The van der Waals surface area contributed by atoms with Crippen LogP contribution in [0.5, 0.6) is 0 Å². The van der Waals surface area contributed by atoms with Gasteiger partial charge in [0.1, 0.15) is 0 Å². The normalized spacial score (nSPS) is 0. The van der Waals surface area contributed by atoms with Crippen molar-refractivity contribution in [3.63, 3.8) is 0 Å². The van der Waals surface area contributed by atoms with Crippen LogP contribution in [0, 0.1) is 0 Å². The maximum atomic E-state index is 0.